The van der Waals surface area contributed by atoms with Crippen molar-refractivity contribution in [1.82, 2.24) is 10.1 Å². The molecule has 0 saturated heterocycles. The van der Waals surface area contributed by atoms with E-state index in [0.717, 1.165) is 12.2 Å². The third kappa shape index (κ3) is 2.54. The Labute approximate surface area is 98.7 Å². The van der Waals surface area contributed by atoms with Gasteiger partial charge >= 0.3 is 0 Å². The topological polar surface area (TPSA) is 87.3 Å². The molecule has 2 heterocycles. The minimum atomic E-state index is -0.391. The summed E-state index contributed by atoms with van der Waals surface area (Å²) >= 11 is 0. The average Bonchev–Trinajstić information content (AvgIpc) is 2.98. The molecule has 92 valence electrons. The Morgan fingerprint density at radius 2 is 2.29 bits per heavy atom. The molecule has 0 amide bonds. The predicted octanol–water partition coefficient (Wildman–Crippen LogP) is 1.54. The van der Waals surface area contributed by atoms with Gasteiger partial charge < -0.3 is 19.4 Å². The molecule has 0 bridgehead atoms. The van der Waals surface area contributed by atoms with E-state index in [9.17, 15) is 0 Å². The molecule has 0 aromatic carbocycles. The molecule has 1 unspecified atom stereocenters. The first-order valence-electron chi connectivity index (χ1n) is 5.41. The standard InChI is InChI=1S/C11H15N3O3/c1-3-7-4-5-9(16-7)11-13-10(14-17-11)8(12)6-15-2/h4-5,8H,3,6,12H2,1-2H3. The summed E-state index contributed by atoms with van der Waals surface area (Å²) in [4.78, 5) is 4.17. The fraction of sp³-hybridized carbons (Fsp3) is 0.455. The SMILES string of the molecule is CCc1ccc(-c2nc(C(N)COC)no2)o1. The summed E-state index contributed by atoms with van der Waals surface area (Å²) in [6.45, 7) is 2.35. The lowest BCUT2D eigenvalue weighted by atomic mass is 10.3. The van der Waals surface area contributed by atoms with Gasteiger partial charge in [-0.05, 0) is 12.1 Å². The second-order valence-electron chi connectivity index (χ2n) is 3.64. The molecule has 2 aromatic heterocycles. The van der Waals surface area contributed by atoms with E-state index < -0.39 is 6.04 Å². The zero-order valence-electron chi connectivity index (χ0n) is 9.84. The number of furan rings is 1. The highest BCUT2D eigenvalue weighted by Gasteiger charge is 2.17. The molecule has 1 atom stereocenters. The third-order valence-corrected chi connectivity index (χ3v) is 2.34. The minimum absolute atomic E-state index is 0.339. The van der Waals surface area contributed by atoms with E-state index in [-0.39, 0.29) is 0 Å². The Morgan fingerprint density at radius 1 is 1.47 bits per heavy atom. The van der Waals surface area contributed by atoms with Crippen LogP contribution in [-0.2, 0) is 11.2 Å². The van der Waals surface area contributed by atoms with Crippen LogP contribution in [0.3, 0.4) is 0 Å². The minimum Gasteiger partial charge on any atom is -0.456 e. The Hall–Kier alpha value is -1.66. The van der Waals surface area contributed by atoms with Gasteiger partial charge in [-0.3, -0.25) is 0 Å². The Balaban J connectivity index is 2.17. The van der Waals surface area contributed by atoms with Crippen LogP contribution in [0.25, 0.3) is 11.7 Å². The molecular formula is C11H15N3O3. The number of aromatic nitrogens is 2. The first kappa shape index (κ1) is 11.8. The van der Waals surface area contributed by atoms with E-state index in [1.165, 1.54) is 0 Å². The van der Waals surface area contributed by atoms with Gasteiger partial charge in [0.05, 0.1) is 12.6 Å². The van der Waals surface area contributed by atoms with Crippen LogP contribution in [-0.4, -0.2) is 23.9 Å². The van der Waals surface area contributed by atoms with Gasteiger partial charge in [-0.25, -0.2) is 0 Å². The van der Waals surface area contributed by atoms with Gasteiger partial charge in [-0.2, -0.15) is 4.98 Å². The van der Waals surface area contributed by atoms with Crippen molar-refractivity contribution in [1.29, 1.82) is 0 Å². The van der Waals surface area contributed by atoms with Crippen LogP contribution in [0.2, 0.25) is 0 Å². The summed E-state index contributed by atoms with van der Waals surface area (Å²) < 4.78 is 15.5. The van der Waals surface area contributed by atoms with E-state index in [1.807, 2.05) is 13.0 Å². The van der Waals surface area contributed by atoms with E-state index >= 15 is 0 Å². The van der Waals surface area contributed by atoms with Gasteiger partial charge in [-0.1, -0.05) is 12.1 Å². The van der Waals surface area contributed by atoms with E-state index in [2.05, 4.69) is 10.1 Å². The molecule has 2 rings (SSSR count). The Bertz CT molecular complexity index is 478. The second kappa shape index (κ2) is 5.11. The summed E-state index contributed by atoms with van der Waals surface area (Å²) in [5.41, 5.74) is 5.79. The number of aryl methyl sites for hydroxylation is 1. The van der Waals surface area contributed by atoms with Crippen molar-refractivity contribution in [2.75, 3.05) is 13.7 Å². The average molecular weight is 237 g/mol. The van der Waals surface area contributed by atoms with Crippen molar-refractivity contribution in [3.63, 3.8) is 0 Å². The third-order valence-electron chi connectivity index (χ3n) is 2.34. The van der Waals surface area contributed by atoms with Crippen molar-refractivity contribution in [2.45, 2.75) is 19.4 Å². The quantitative estimate of drug-likeness (QED) is 0.848. The fourth-order valence-corrected chi connectivity index (χ4v) is 1.42. The molecule has 0 saturated carbocycles. The first-order valence-corrected chi connectivity index (χ1v) is 5.41. The molecule has 0 aliphatic rings. The van der Waals surface area contributed by atoms with Crippen LogP contribution >= 0.6 is 0 Å². The molecule has 0 aliphatic heterocycles. The number of methoxy groups -OCH3 is 1. The molecule has 0 spiro atoms. The van der Waals surface area contributed by atoms with Gasteiger partial charge in [0, 0.05) is 13.5 Å². The lowest BCUT2D eigenvalue weighted by molar-refractivity contribution is 0.177. The number of nitrogens with two attached hydrogens (primary N) is 1. The Morgan fingerprint density at radius 3 is 2.94 bits per heavy atom. The van der Waals surface area contributed by atoms with Crippen LogP contribution in [0.5, 0.6) is 0 Å². The maximum absolute atomic E-state index is 5.79. The molecular weight excluding hydrogens is 222 g/mol. The van der Waals surface area contributed by atoms with Gasteiger partial charge in [0.25, 0.3) is 5.89 Å². The van der Waals surface area contributed by atoms with Crippen molar-refractivity contribution >= 4 is 0 Å². The van der Waals surface area contributed by atoms with E-state index in [0.29, 0.717) is 24.1 Å². The molecule has 2 aromatic rings. The monoisotopic (exact) mass is 237 g/mol. The summed E-state index contributed by atoms with van der Waals surface area (Å²) in [7, 11) is 1.57. The van der Waals surface area contributed by atoms with Crippen LogP contribution in [0.4, 0.5) is 0 Å². The van der Waals surface area contributed by atoms with Crippen LogP contribution in [0, 0.1) is 0 Å². The summed E-state index contributed by atoms with van der Waals surface area (Å²) in [5, 5.41) is 3.80. The highest BCUT2D eigenvalue weighted by atomic mass is 16.5. The molecule has 0 aliphatic carbocycles. The molecule has 6 heteroatoms. The van der Waals surface area contributed by atoms with E-state index in [4.69, 9.17) is 19.4 Å². The Kier molecular flexibility index (Phi) is 3.55. The number of hydrogen-bond acceptors (Lipinski definition) is 6. The number of ether oxygens (including phenoxy) is 1. The number of hydrogen-bond donors (Lipinski definition) is 1. The first-order chi connectivity index (χ1) is 8.24. The fourth-order valence-electron chi connectivity index (χ4n) is 1.42. The second-order valence-corrected chi connectivity index (χ2v) is 3.64. The number of nitrogens with zero attached hydrogens (tertiary/aromatic N) is 2. The van der Waals surface area contributed by atoms with Crippen LogP contribution in [0.1, 0.15) is 24.6 Å². The highest BCUT2D eigenvalue weighted by molar-refractivity contribution is 5.44. The molecule has 2 N–H and O–H groups in total. The molecule has 0 radical (unpaired) electrons. The molecule has 17 heavy (non-hydrogen) atoms. The summed E-state index contributed by atoms with van der Waals surface area (Å²) in [6, 6.07) is 3.30. The van der Waals surface area contributed by atoms with Crippen molar-refractivity contribution in [3.8, 4) is 11.7 Å². The van der Waals surface area contributed by atoms with Crippen LogP contribution in [0.15, 0.2) is 21.1 Å². The highest BCUT2D eigenvalue weighted by Crippen LogP contribution is 2.21. The largest absolute Gasteiger partial charge is 0.456 e. The van der Waals surface area contributed by atoms with Gasteiger partial charge in [-0.15, -0.1) is 0 Å². The zero-order chi connectivity index (χ0) is 12.3. The van der Waals surface area contributed by atoms with Crippen LogP contribution < -0.4 is 5.73 Å². The number of rotatable bonds is 5. The maximum atomic E-state index is 5.79. The predicted molar refractivity (Wildman–Crippen MR) is 60.2 cm³/mol. The summed E-state index contributed by atoms with van der Waals surface area (Å²) in [5.74, 6) is 2.19. The van der Waals surface area contributed by atoms with Crippen molar-refractivity contribution in [3.05, 3.63) is 23.7 Å². The lowest BCUT2D eigenvalue weighted by Gasteiger charge is -2.02. The van der Waals surface area contributed by atoms with Gasteiger partial charge in [0.15, 0.2) is 11.6 Å². The van der Waals surface area contributed by atoms with Gasteiger partial charge in [0.1, 0.15) is 5.76 Å². The lowest BCUT2D eigenvalue weighted by Crippen LogP contribution is -2.17. The smallest absolute Gasteiger partial charge is 0.293 e. The molecule has 6 nitrogen and oxygen atoms in total. The maximum Gasteiger partial charge on any atom is 0.293 e. The van der Waals surface area contributed by atoms with Gasteiger partial charge in [0.2, 0.25) is 0 Å². The molecule has 0 fully saturated rings. The normalized spacial score (nSPS) is 12.9. The van der Waals surface area contributed by atoms with Crippen molar-refractivity contribution in [2.24, 2.45) is 5.73 Å². The summed E-state index contributed by atoms with van der Waals surface area (Å²) in [6.07, 6.45) is 0.824. The van der Waals surface area contributed by atoms with E-state index in [1.54, 1.807) is 13.2 Å². The zero-order valence-corrected chi connectivity index (χ0v) is 9.84. The van der Waals surface area contributed by atoms with Crippen molar-refractivity contribution < 1.29 is 13.7 Å².